The molecule has 0 saturated heterocycles. The fourth-order valence-corrected chi connectivity index (χ4v) is 1.95. The summed E-state index contributed by atoms with van der Waals surface area (Å²) in [4.78, 5) is 0. The molecule has 18 heavy (non-hydrogen) atoms. The van der Waals surface area contributed by atoms with Gasteiger partial charge in [0.2, 0.25) is 0 Å². The van der Waals surface area contributed by atoms with Crippen LogP contribution < -0.4 is 5.32 Å². The quantitative estimate of drug-likeness (QED) is 0.824. The maximum absolute atomic E-state index is 12.5. The summed E-state index contributed by atoms with van der Waals surface area (Å²) in [5.74, 6) is 0. The van der Waals surface area contributed by atoms with Crippen LogP contribution >= 0.6 is 27.7 Å². The van der Waals surface area contributed by atoms with E-state index >= 15 is 0 Å². The maximum Gasteiger partial charge on any atom is 0.416 e. The van der Waals surface area contributed by atoms with Crippen molar-refractivity contribution in [2.24, 2.45) is 0 Å². The standard InChI is InChI=1S/C12H15BrF3NS/c1-11(2,18-3)7-17-10-5-4-8(6-9(10)13)12(14,15)16/h4-6,17H,7H2,1-3H3. The third-order valence-corrected chi connectivity index (χ3v) is 4.46. The lowest BCUT2D eigenvalue weighted by Gasteiger charge is -2.23. The molecule has 1 rings (SSSR count). The van der Waals surface area contributed by atoms with Crippen molar-refractivity contribution in [2.45, 2.75) is 24.8 Å². The van der Waals surface area contributed by atoms with Gasteiger partial charge in [0, 0.05) is 21.5 Å². The third-order valence-electron chi connectivity index (χ3n) is 2.55. The van der Waals surface area contributed by atoms with Gasteiger partial charge >= 0.3 is 6.18 Å². The molecule has 1 N–H and O–H groups in total. The second-order valence-electron chi connectivity index (χ2n) is 4.51. The smallest absolute Gasteiger partial charge is 0.383 e. The van der Waals surface area contributed by atoms with Crippen molar-refractivity contribution in [3.05, 3.63) is 28.2 Å². The van der Waals surface area contributed by atoms with Gasteiger partial charge in [-0.15, -0.1) is 0 Å². The summed E-state index contributed by atoms with van der Waals surface area (Å²) in [5, 5.41) is 3.15. The Hall–Kier alpha value is -0.360. The Kier molecular flexibility index (Phi) is 5.00. The number of thioether (sulfide) groups is 1. The highest BCUT2D eigenvalue weighted by atomic mass is 79.9. The zero-order valence-electron chi connectivity index (χ0n) is 10.4. The summed E-state index contributed by atoms with van der Waals surface area (Å²) in [7, 11) is 0. The van der Waals surface area contributed by atoms with Crippen LogP contribution in [0.4, 0.5) is 18.9 Å². The average Bonchev–Trinajstić information content (AvgIpc) is 2.26. The maximum atomic E-state index is 12.5. The number of halogens is 4. The third kappa shape index (κ3) is 4.39. The molecule has 0 atom stereocenters. The summed E-state index contributed by atoms with van der Waals surface area (Å²) in [6.07, 6.45) is -2.30. The molecule has 0 saturated carbocycles. The molecular formula is C12H15BrF3NS. The Bertz CT molecular complexity index is 418. The number of rotatable bonds is 4. The van der Waals surface area contributed by atoms with Gasteiger partial charge in [-0.2, -0.15) is 24.9 Å². The predicted molar refractivity (Wildman–Crippen MR) is 75.2 cm³/mol. The van der Waals surface area contributed by atoms with Gasteiger partial charge in [-0.25, -0.2) is 0 Å². The molecule has 6 heteroatoms. The first-order chi connectivity index (χ1) is 8.15. The van der Waals surface area contributed by atoms with Crippen molar-refractivity contribution in [3.8, 4) is 0 Å². The highest BCUT2D eigenvalue weighted by molar-refractivity contribution is 9.10. The molecule has 1 nitrogen and oxygen atoms in total. The van der Waals surface area contributed by atoms with Crippen LogP contribution in [0.1, 0.15) is 19.4 Å². The van der Waals surface area contributed by atoms with Crippen molar-refractivity contribution in [1.29, 1.82) is 0 Å². The topological polar surface area (TPSA) is 12.0 Å². The number of hydrogen-bond acceptors (Lipinski definition) is 2. The molecule has 0 spiro atoms. The first-order valence-corrected chi connectivity index (χ1v) is 7.33. The summed E-state index contributed by atoms with van der Waals surface area (Å²) in [6, 6.07) is 3.62. The molecule has 1 aromatic rings. The first-order valence-electron chi connectivity index (χ1n) is 5.31. The molecule has 0 amide bonds. The van der Waals surface area contributed by atoms with Crippen molar-refractivity contribution in [1.82, 2.24) is 0 Å². The Morgan fingerprint density at radius 2 is 1.89 bits per heavy atom. The Labute approximate surface area is 118 Å². The molecular weight excluding hydrogens is 327 g/mol. The first kappa shape index (κ1) is 15.7. The van der Waals surface area contributed by atoms with E-state index in [1.54, 1.807) is 11.8 Å². The van der Waals surface area contributed by atoms with E-state index in [0.29, 0.717) is 16.7 Å². The van der Waals surface area contributed by atoms with E-state index in [-0.39, 0.29) is 4.75 Å². The van der Waals surface area contributed by atoms with Crippen molar-refractivity contribution < 1.29 is 13.2 Å². The molecule has 102 valence electrons. The van der Waals surface area contributed by atoms with Gasteiger partial charge in [0.25, 0.3) is 0 Å². The lowest BCUT2D eigenvalue weighted by Crippen LogP contribution is -2.26. The number of nitrogens with one attached hydrogen (secondary N) is 1. The van der Waals surface area contributed by atoms with Crippen molar-refractivity contribution >= 4 is 33.4 Å². The van der Waals surface area contributed by atoms with E-state index in [1.165, 1.54) is 6.07 Å². The summed E-state index contributed by atoms with van der Waals surface area (Å²) in [5.41, 5.74) is 0.0224. The van der Waals surface area contributed by atoms with Gasteiger partial charge in [-0.05, 0) is 54.2 Å². The highest BCUT2D eigenvalue weighted by Gasteiger charge is 2.30. The molecule has 0 bridgehead atoms. The SMILES string of the molecule is CSC(C)(C)CNc1ccc(C(F)(F)F)cc1Br. The predicted octanol–water partition coefficient (Wildman–Crippen LogP) is 5.02. The molecule has 1 aromatic carbocycles. The molecule has 0 radical (unpaired) electrons. The van der Waals surface area contributed by atoms with Crippen LogP contribution in [0, 0.1) is 0 Å². The minimum absolute atomic E-state index is 0.0299. The van der Waals surface area contributed by atoms with Crippen LogP contribution in [0.15, 0.2) is 22.7 Å². The number of benzene rings is 1. The number of alkyl halides is 3. The summed E-state index contributed by atoms with van der Waals surface area (Å²) >= 11 is 4.86. The second-order valence-corrected chi connectivity index (χ2v) is 6.88. The Morgan fingerprint density at radius 1 is 1.28 bits per heavy atom. The van der Waals surface area contributed by atoms with E-state index in [1.807, 2.05) is 6.26 Å². The number of anilines is 1. The van der Waals surface area contributed by atoms with Crippen LogP contribution in [0.2, 0.25) is 0 Å². The molecule has 0 unspecified atom stereocenters. The zero-order chi connectivity index (χ0) is 14.0. The minimum Gasteiger partial charge on any atom is -0.383 e. The largest absolute Gasteiger partial charge is 0.416 e. The molecule has 0 aromatic heterocycles. The normalized spacial score (nSPS) is 12.6. The molecule has 0 aliphatic carbocycles. The van der Waals surface area contributed by atoms with Crippen LogP contribution in [0.3, 0.4) is 0 Å². The molecule has 0 aliphatic heterocycles. The fourth-order valence-electron chi connectivity index (χ4n) is 1.22. The molecule has 0 fully saturated rings. The number of hydrogen-bond donors (Lipinski definition) is 1. The van der Waals surface area contributed by atoms with Gasteiger partial charge in [0.05, 0.1) is 5.56 Å². The average molecular weight is 342 g/mol. The monoisotopic (exact) mass is 341 g/mol. The second kappa shape index (κ2) is 5.74. The molecule has 0 heterocycles. The van der Waals surface area contributed by atoms with Crippen LogP contribution in [-0.2, 0) is 6.18 Å². The van der Waals surface area contributed by atoms with E-state index in [4.69, 9.17) is 0 Å². The van der Waals surface area contributed by atoms with E-state index in [9.17, 15) is 13.2 Å². The lowest BCUT2D eigenvalue weighted by molar-refractivity contribution is -0.137. The Morgan fingerprint density at radius 3 is 2.33 bits per heavy atom. The highest BCUT2D eigenvalue weighted by Crippen LogP contribution is 2.34. The fraction of sp³-hybridized carbons (Fsp3) is 0.500. The van der Waals surface area contributed by atoms with E-state index < -0.39 is 11.7 Å². The minimum atomic E-state index is -4.31. The van der Waals surface area contributed by atoms with Gasteiger partial charge in [-0.1, -0.05) is 0 Å². The van der Waals surface area contributed by atoms with Gasteiger partial charge in [0.1, 0.15) is 0 Å². The molecule has 0 aliphatic rings. The summed E-state index contributed by atoms with van der Waals surface area (Å²) in [6.45, 7) is 4.82. The van der Waals surface area contributed by atoms with Gasteiger partial charge in [-0.3, -0.25) is 0 Å². The Balaban J connectivity index is 2.81. The lowest BCUT2D eigenvalue weighted by atomic mass is 10.1. The summed E-state index contributed by atoms with van der Waals surface area (Å²) < 4.78 is 37.9. The van der Waals surface area contributed by atoms with Gasteiger partial charge in [0.15, 0.2) is 0 Å². The van der Waals surface area contributed by atoms with Crippen molar-refractivity contribution in [2.75, 3.05) is 18.1 Å². The van der Waals surface area contributed by atoms with Crippen LogP contribution in [-0.4, -0.2) is 17.5 Å². The van der Waals surface area contributed by atoms with Crippen LogP contribution in [0.5, 0.6) is 0 Å². The zero-order valence-corrected chi connectivity index (χ0v) is 12.8. The van der Waals surface area contributed by atoms with Gasteiger partial charge < -0.3 is 5.32 Å². The van der Waals surface area contributed by atoms with E-state index in [2.05, 4.69) is 35.1 Å². The van der Waals surface area contributed by atoms with E-state index in [0.717, 1.165) is 12.1 Å². The van der Waals surface area contributed by atoms with Crippen LogP contribution in [0.25, 0.3) is 0 Å². The van der Waals surface area contributed by atoms with Crippen molar-refractivity contribution in [3.63, 3.8) is 0 Å².